The Labute approximate surface area is 160 Å². The van der Waals surface area contributed by atoms with E-state index in [1.165, 1.54) is 12.1 Å². The molecule has 0 fully saturated rings. The number of rotatable bonds is 1. The predicted octanol–water partition coefficient (Wildman–Crippen LogP) is 4.35. The Bertz CT molecular complexity index is 1180. The summed E-state index contributed by atoms with van der Waals surface area (Å²) < 4.78 is 0. The summed E-state index contributed by atoms with van der Waals surface area (Å²) in [5.41, 5.74) is 1.70. The van der Waals surface area contributed by atoms with E-state index in [1.54, 1.807) is 36.4 Å². The topological polar surface area (TPSA) is 51.2 Å². The maximum Gasteiger partial charge on any atom is 0.237 e. The van der Waals surface area contributed by atoms with Gasteiger partial charge in [0.2, 0.25) is 5.78 Å². The number of fused-ring (bicyclic) bond motifs is 2. The van der Waals surface area contributed by atoms with Crippen LogP contribution in [0.25, 0.3) is 0 Å². The van der Waals surface area contributed by atoms with E-state index in [1.807, 2.05) is 18.2 Å². The highest BCUT2D eigenvalue weighted by molar-refractivity contribution is 6.42. The van der Waals surface area contributed by atoms with Crippen molar-refractivity contribution in [2.45, 2.75) is 0 Å². The summed E-state index contributed by atoms with van der Waals surface area (Å²) in [6, 6.07) is 18.6. The summed E-state index contributed by atoms with van der Waals surface area (Å²) >= 11 is 6.37. The minimum absolute atomic E-state index is 0.0345. The Kier molecular flexibility index (Phi) is 4.19. The number of Topliss-reactive ketones (excluding diaryl/α,β-unsaturated/α-hetero) is 1. The average molecular weight is 371 g/mol. The molecule has 0 unspecified atom stereocenters. The molecule has 128 valence electrons. The second kappa shape index (κ2) is 6.68. The number of hydrogen-bond donors (Lipinski definition) is 0. The standard InChI is InChI=1S/C23H11ClO3/c24-21-17(19(25)13-10-14-6-2-1-3-7-14)11-12-18-20(21)23(27)16-9-5-4-8-15(16)22(18)26/h1-9,11-12H. The molecule has 0 saturated heterocycles. The monoisotopic (exact) mass is 370 g/mol. The van der Waals surface area contributed by atoms with Crippen molar-refractivity contribution in [2.75, 3.05) is 0 Å². The Hall–Kier alpha value is -3.48. The normalized spacial score (nSPS) is 11.9. The summed E-state index contributed by atoms with van der Waals surface area (Å²) in [4.78, 5) is 38.0. The molecular weight excluding hydrogens is 360 g/mol. The average Bonchev–Trinajstić information content (AvgIpc) is 2.71. The van der Waals surface area contributed by atoms with Gasteiger partial charge < -0.3 is 0 Å². The molecule has 0 N–H and O–H groups in total. The molecule has 4 heteroatoms. The molecule has 0 atom stereocenters. The first-order valence-corrected chi connectivity index (χ1v) is 8.58. The van der Waals surface area contributed by atoms with Gasteiger partial charge in [0.15, 0.2) is 11.6 Å². The number of ketones is 3. The van der Waals surface area contributed by atoms with Crippen molar-refractivity contribution in [2.24, 2.45) is 0 Å². The molecule has 0 saturated carbocycles. The van der Waals surface area contributed by atoms with Crippen molar-refractivity contribution in [1.29, 1.82) is 0 Å². The third-order valence-corrected chi connectivity index (χ3v) is 4.76. The Morgan fingerprint density at radius 2 is 1.37 bits per heavy atom. The second-order valence-electron chi connectivity index (χ2n) is 6.00. The molecule has 27 heavy (non-hydrogen) atoms. The number of hydrogen-bond acceptors (Lipinski definition) is 3. The lowest BCUT2D eigenvalue weighted by atomic mass is 9.83. The smallest absolute Gasteiger partial charge is 0.237 e. The Morgan fingerprint density at radius 3 is 2.07 bits per heavy atom. The molecule has 0 aromatic heterocycles. The van der Waals surface area contributed by atoms with Crippen LogP contribution in [0.4, 0.5) is 0 Å². The van der Waals surface area contributed by atoms with Gasteiger partial charge in [0.1, 0.15) is 0 Å². The molecular formula is C23H11ClO3. The summed E-state index contributed by atoms with van der Waals surface area (Å²) in [6.45, 7) is 0. The zero-order valence-corrected chi connectivity index (χ0v) is 14.7. The fraction of sp³-hybridized carbons (Fsp3) is 0. The number of carbonyl (C=O) groups excluding carboxylic acids is 3. The molecule has 0 amide bonds. The van der Waals surface area contributed by atoms with Gasteiger partial charge in [0.05, 0.1) is 16.1 Å². The quantitative estimate of drug-likeness (QED) is 0.370. The van der Waals surface area contributed by atoms with Crippen LogP contribution in [0.3, 0.4) is 0 Å². The SMILES string of the molecule is O=C(C#Cc1ccccc1)c1ccc2c(c1Cl)C(=O)c1ccccc1C2=O. The van der Waals surface area contributed by atoms with Gasteiger partial charge in [0, 0.05) is 22.3 Å². The van der Waals surface area contributed by atoms with Crippen LogP contribution in [0.15, 0.2) is 66.7 Å². The minimum atomic E-state index is -0.509. The van der Waals surface area contributed by atoms with E-state index in [4.69, 9.17) is 11.6 Å². The number of carbonyl (C=O) groups is 3. The van der Waals surface area contributed by atoms with Crippen molar-refractivity contribution >= 4 is 29.0 Å². The highest BCUT2D eigenvalue weighted by Gasteiger charge is 2.32. The van der Waals surface area contributed by atoms with E-state index < -0.39 is 5.78 Å². The van der Waals surface area contributed by atoms with E-state index in [-0.39, 0.29) is 38.8 Å². The first-order chi connectivity index (χ1) is 13.1. The van der Waals surface area contributed by atoms with Crippen molar-refractivity contribution in [3.8, 4) is 11.8 Å². The largest absolute Gasteiger partial charge is 0.289 e. The van der Waals surface area contributed by atoms with Crippen LogP contribution in [0, 0.1) is 11.8 Å². The van der Waals surface area contributed by atoms with Crippen LogP contribution in [0.1, 0.15) is 47.8 Å². The zero-order valence-electron chi connectivity index (χ0n) is 14.0. The van der Waals surface area contributed by atoms with Crippen LogP contribution in [-0.2, 0) is 0 Å². The second-order valence-corrected chi connectivity index (χ2v) is 6.38. The fourth-order valence-electron chi connectivity index (χ4n) is 3.04. The van der Waals surface area contributed by atoms with Gasteiger partial charge >= 0.3 is 0 Å². The molecule has 0 bridgehead atoms. The molecule has 0 radical (unpaired) electrons. The summed E-state index contributed by atoms with van der Waals surface area (Å²) in [5.74, 6) is 4.16. The molecule has 3 nitrogen and oxygen atoms in total. The van der Waals surface area contributed by atoms with Gasteiger partial charge in [-0.25, -0.2) is 0 Å². The molecule has 4 rings (SSSR count). The zero-order chi connectivity index (χ0) is 19.0. The maximum atomic E-state index is 12.8. The van der Waals surface area contributed by atoms with Crippen LogP contribution in [0.2, 0.25) is 5.02 Å². The van der Waals surface area contributed by atoms with E-state index in [0.717, 1.165) is 0 Å². The van der Waals surface area contributed by atoms with Crippen molar-refractivity contribution < 1.29 is 14.4 Å². The Morgan fingerprint density at radius 1 is 0.741 bits per heavy atom. The van der Waals surface area contributed by atoms with Gasteiger partial charge in [-0.1, -0.05) is 60.0 Å². The van der Waals surface area contributed by atoms with Crippen molar-refractivity contribution in [1.82, 2.24) is 0 Å². The van der Waals surface area contributed by atoms with E-state index >= 15 is 0 Å². The molecule has 0 heterocycles. The van der Waals surface area contributed by atoms with Gasteiger partial charge in [-0.2, -0.15) is 0 Å². The lowest BCUT2D eigenvalue weighted by Gasteiger charge is -2.19. The molecule has 3 aromatic rings. The van der Waals surface area contributed by atoms with Gasteiger partial charge in [-0.3, -0.25) is 14.4 Å². The first kappa shape index (κ1) is 17.0. The molecule has 3 aromatic carbocycles. The Balaban J connectivity index is 1.79. The van der Waals surface area contributed by atoms with Gasteiger partial charge in [-0.05, 0) is 30.2 Å². The van der Waals surface area contributed by atoms with Crippen LogP contribution < -0.4 is 0 Å². The first-order valence-electron chi connectivity index (χ1n) is 8.20. The lowest BCUT2D eigenvalue weighted by molar-refractivity contribution is 0.0978. The van der Waals surface area contributed by atoms with E-state index in [9.17, 15) is 14.4 Å². The van der Waals surface area contributed by atoms with Crippen molar-refractivity contribution in [3.63, 3.8) is 0 Å². The third kappa shape index (κ3) is 2.87. The summed E-state index contributed by atoms with van der Waals surface area (Å²) in [6.07, 6.45) is 0. The molecule has 0 spiro atoms. The predicted molar refractivity (Wildman–Crippen MR) is 102 cm³/mol. The van der Waals surface area contributed by atoms with Gasteiger partial charge in [-0.15, -0.1) is 0 Å². The molecule has 1 aliphatic rings. The van der Waals surface area contributed by atoms with Crippen molar-refractivity contribution in [3.05, 3.63) is 105 Å². The van der Waals surface area contributed by atoms with Crippen LogP contribution in [-0.4, -0.2) is 17.3 Å². The summed E-state index contributed by atoms with van der Waals surface area (Å²) in [5, 5.41) is -0.0345. The minimum Gasteiger partial charge on any atom is -0.289 e. The molecule has 1 aliphatic carbocycles. The number of halogens is 1. The number of benzene rings is 3. The van der Waals surface area contributed by atoms with Crippen LogP contribution in [0.5, 0.6) is 0 Å². The third-order valence-electron chi connectivity index (χ3n) is 4.37. The fourth-order valence-corrected chi connectivity index (χ4v) is 3.38. The molecule has 0 aliphatic heterocycles. The lowest BCUT2D eigenvalue weighted by Crippen LogP contribution is -2.22. The summed E-state index contributed by atoms with van der Waals surface area (Å²) in [7, 11) is 0. The van der Waals surface area contributed by atoms with Gasteiger partial charge in [0.25, 0.3) is 0 Å². The highest BCUT2D eigenvalue weighted by atomic mass is 35.5. The van der Waals surface area contributed by atoms with E-state index in [0.29, 0.717) is 11.1 Å². The highest BCUT2D eigenvalue weighted by Crippen LogP contribution is 2.34. The van der Waals surface area contributed by atoms with Crippen LogP contribution >= 0.6 is 11.6 Å². The maximum absolute atomic E-state index is 12.8. The van der Waals surface area contributed by atoms with E-state index in [2.05, 4.69) is 11.8 Å².